The first-order valence-electron chi connectivity index (χ1n) is 10.3. The highest BCUT2D eigenvalue weighted by Gasteiger charge is 2.16. The highest BCUT2D eigenvalue weighted by Crippen LogP contribution is 2.29. The molecule has 0 unspecified atom stereocenters. The molecule has 0 aliphatic heterocycles. The van der Waals surface area contributed by atoms with Gasteiger partial charge in [0.2, 0.25) is 10.0 Å². The van der Waals surface area contributed by atoms with Crippen molar-refractivity contribution >= 4 is 44.0 Å². The number of hydrogen-bond acceptors (Lipinski definition) is 8. The Balaban J connectivity index is 1.65. The number of esters is 1. The van der Waals surface area contributed by atoms with E-state index >= 15 is 0 Å². The zero-order chi connectivity index (χ0) is 26.1. The number of amides is 1. The van der Waals surface area contributed by atoms with E-state index in [0.29, 0.717) is 21.5 Å². The largest absolute Gasteiger partial charge is 0.493 e. The van der Waals surface area contributed by atoms with Crippen molar-refractivity contribution in [2.75, 3.05) is 20.8 Å². The quantitative estimate of drug-likeness (QED) is 0.164. The third-order valence-electron chi connectivity index (χ3n) is 4.66. The first-order chi connectivity index (χ1) is 17.2. The fourth-order valence-corrected chi connectivity index (χ4v) is 4.27. The molecule has 12 heteroatoms. The van der Waals surface area contributed by atoms with Crippen molar-refractivity contribution in [3.05, 3.63) is 82.3 Å². The molecule has 0 radical (unpaired) electrons. The number of benzene rings is 3. The van der Waals surface area contributed by atoms with Gasteiger partial charge in [0.15, 0.2) is 11.5 Å². The predicted molar refractivity (Wildman–Crippen MR) is 136 cm³/mol. The van der Waals surface area contributed by atoms with Crippen LogP contribution in [0.1, 0.15) is 15.9 Å². The van der Waals surface area contributed by atoms with Gasteiger partial charge in [0, 0.05) is 10.0 Å². The standard InChI is InChI=1S/C24H22BrN3O7S/c1-33-21-10-8-16(13-22(21)34-2)24(30)35-20-11-9-18(25)12-17(20)14-26-28-23(29)15-27-36(31,32)19-6-4-3-5-7-19/h3-14,27H,15H2,1-2H3,(H,28,29)/b26-14-. The summed E-state index contributed by atoms with van der Waals surface area (Å²) in [6.07, 6.45) is 1.27. The number of carbonyl (C=O) groups excluding carboxylic acids is 2. The highest BCUT2D eigenvalue weighted by atomic mass is 79.9. The molecular formula is C24H22BrN3O7S. The van der Waals surface area contributed by atoms with E-state index in [1.54, 1.807) is 42.5 Å². The van der Waals surface area contributed by atoms with Crippen LogP contribution in [0.2, 0.25) is 0 Å². The SMILES string of the molecule is COc1ccc(C(=O)Oc2ccc(Br)cc2/C=N\NC(=O)CNS(=O)(=O)c2ccccc2)cc1OC. The van der Waals surface area contributed by atoms with Crippen molar-refractivity contribution in [2.24, 2.45) is 5.10 Å². The first kappa shape index (κ1) is 26.9. The average Bonchev–Trinajstić information content (AvgIpc) is 2.89. The van der Waals surface area contributed by atoms with Gasteiger partial charge in [0.1, 0.15) is 5.75 Å². The highest BCUT2D eigenvalue weighted by molar-refractivity contribution is 9.10. The fourth-order valence-electron chi connectivity index (χ4n) is 2.89. The molecule has 3 rings (SSSR count). The van der Waals surface area contributed by atoms with Crippen LogP contribution in [-0.2, 0) is 14.8 Å². The molecule has 188 valence electrons. The molecule has 0 fully saturated rings. The van der Waals surface area contributed by atoms with E-state index < -0.39 is 28.4 Å². The van der Waals surface area contributed by atoms with Gasteiger partial charge in [0.05, 0.1) is 37.4 Å². The second kappa shape index (κ2) is 12.3. The Bertz CT molecular complexity index is 1380. The number of hydrogen-bond donors (Lipinski definition) is 2. The van der Waals surface area contributed by atoms with Crippen LogP contribution in [0, 0.1) is 0 Å². The summed E-state index contributed by atoms with van der Waals surface area (Å²) < 4.78 is 43.2. The minimum Gasteiger partial charge on any atom is -0.493 e. The van der Waals surface area contributed by atoms with Gasteiger partial charge >= 0.3 is 5.97 Å². The topological polar surface area (TPSA) is 132 Å². The molecule has 0 atom stereocenters. The summed E-state index contributed by atoms with van der Waals surface area (Å²) in [6, 6.07) is 17.1. The van der Waals surface area contributed by atoms with Crippen molar-refractivity contribution in [3.63, 3.8) is 0 Å². The lowest BCUT2D eigenvalue weighted by molar-refractivity contribution is -0.119. The predicted octanol–water partition coefficient (Wildman–Crippen LogP) is 3.11. The Morgan fingerprint density at radius 1 is 0.944 bits per heavy atom. The number of nitrogens with one attached hydrogen (secondary N) is 2. The van der Waals surface area contributed by atoms with E-state index in [-0.39, 0.29) is 16.2 Å². The normalized spacial score (nSPS) is 11.2. The summed E-state index contributed by atoms with van der Waals surface area (Å²) in [5, 5.41) is 3.84. The summed E-state index contributed by atoms with van der Waals surface area (Å²) in [6.45, 7) is -0.520. The molecule has 36 heavy (non-hydrogen) atoms. The number of rotatable bonds is 10. The molecule has 3 aromatic carbocycles. The zero-order valence-electron chi connectivity index (χ0n) is 19.2. The number of nitrogens with zero attached hydrogens (tertiary/aromatic N) is 1. The Morgan fingerprint density at radius 3 is 2.33 bits per heavy atom. The van der Waals surface area contributed by atoms with E-state index in [2.05, 4.69) is 31.2 Å². The van der Waals surface area contributed by atoms with Crippen LogP contribution in [0.3, 0.4) is 0 Å². The number of methoxy groups -OCH3 is 2. The van der Waals surface area contributed by atoms with Crippen LogP contribution in [0.4, 0.5) is 0 Å². The van der Waals surface area contributed by atoms with E-state index in [9.17, 15) is 18.0 Å². The number of ether oxygens (including phenoxy) is 3. The number of sulfonamides is 1. The summed E-state index contributed by atoms with van der Waals surface area (Å²) in [5.41, 5.74) is 2.84. The summed E-state index contributed by atoms with van der Waals surface area (Å²) >= 11 is 3.34. The van der Waals surface area contributed by atoms with Gasteiger partial charge < -0.3 is 14.2 Å². The molecule has 0 spiro atoms. The lowest BCUT2D eigenvalue weighted by atomic mass is 10.2. The summed E-state index contributed by atoms with van der Waals surface area (Å²) in [5.74, 6) is -0.319. The van der Waals surface area contributed by atoms with Crippen LogP contribution in [0.15, 0.2) is 81.2 Å². The van der Waals surface area contributed by atoms with Gasteiger partial charge in [0.25, 0.3) is 5.91 Å². The van der Waals surface area contributed by atoms with Crippen LogP contribution >= 0.6 is 15.9 Å². The van der Waals surface area contributed by atoms with Crippen LogP contribution < -0.4 is 24.4 Å². The second-order valence-corrected chi connectivity index (χ2v) is 9.75. The van der Waals surface area contributed by atoms with Gasteiger partial charge in [-0.15, -0.1) is 0 Å². The van der Waals surface area contributed by atoms with E-state index in [0.717, 1.165) is 0 Å². The molecule has 10 nitrogen and oxygen atoms in total. The number of halogens is 1. The first-order valence-corrected chi connectivity index (χ1v) is 12.6. The molecule has 0 aliphatic carbocycles. The smallest absolute Gasteiger partial charge is 0.343 e. The molecule has 0 saturated heterocycles. The number of hydrazone groups is 1. The van der Waals surface area contributed by atoms with E-state index in [1.165, 1.54) is 44.7 Å². The lowest BCUT2D eigenvalue weighted by Crippen LogP contribution is -2.34. The monoisotopic (exact) mass is 575 g/mol. The molecule has 0 aliphatic rings. The van der Waals surface area contributed by atoms with Gasteiger partial charge in [-0.2, -0.15) is 5.10 Å². The minimum atomic E-state index is -3.84. The lowest BCUT2D eigenvalue weighted by Gasteiger charge is -2.11. The number of carbonyl (C=O) groups is 2. The Labute approximate surface area is 216 Å². The van der Waals surface area contributed by atoms with Crippen molar-refractivity contribution in [1.29, 1.82) is 0 Å². The Hall–Kier alpha value is -3.74. The van der Waals surface area contributed by atoms with Crippen molar-refractivity contribution in [1.82, 2.24) is 10.1 Å². The molecule has 0 aromatic heterocycles. The van der Waals surface area contributed by atoms with Crippen LogP contribution in [0.5, 0.6) is 17.2 Å². The molecule has 0 bridgehead atoms. The maximum absolute atomic E-state index is 12.7. The third-order valence-corrected chi connectivity index (χ3v) is 6.57. The zero-order valence-corrected chi connectivity index (χ0v) is 21.6. The second-order valence-electron chi connectivity index (χ2n) is 7.07. The van der Waals surface area contributed by atoms with Crippen molar-refractivity contribution in [2.45, 2.75) is 4.90 Å². The molecule has 1 amide bonds. The maximum atomic E-state index is 12.7. The Morgan fingerprint density at radius 2 is 1.64 bits per heavy atom. The van der Waals surface area contributed by atoms with Crippen LogP contribution in [0.25, 0.3) is 0 Å². The van der Waals surface area contributed by atoms with Gasteiger partial charge in [-0.05, 0) is 48.5 Å². The third kappa shape index (κ3) is 7.13. The maximum Gasteiger partial charge on any atom is 0.343 e. The summed E-state index contributed by atoms with van der Waals surface area (Å²) in [7, 11) is -0.896. The average molecular weight is 576 g/mol. The molecule has 0 saturated carbocycles. The van der Waals surface area contributed by atoms with Crippen LogP contribution in [-0.4, -0.2) is 47.3 Å². The minimum absolute atomic E-state index is 0.0383. The van der Waals surface area contributed by atoms with Gasteiger partial charge in [-0.1, -0.05) is 34.1 Å². The van der Waals surface area contributed by atoms with Gasteiger partial charge in [-0.25, -0.2) is 23.4 Å². The molecule has 2 N–H and O–H groups in total. The van der Waals surface area contributed by atoms with Crippen molar-refractivity contribution < 1.29 is 32.2 Å². The summed E-state index contributed by atoms with van der Waals surface area (Å²) in [4.78, 5) is 24.8. The molecule has 0 heterocycles. The van der Waals surface area contributed by atoms with E-state index in [4.69, 9.17) is 14.2 Å². The molecular weight excluding hydrogens is 554 g/mol. The van der Waals surface area contributed by atoms with E-state index in [1.807, 2.05) is 0 Å². The van der Waals surface area contributed by atoms with Crippen molar-refractivity contribution in [3.8, 4) is 17.2 Å². The fraction of sp³-hybridized carbons (Fsp3) is 0.125. The molecule has 3 aromatic rings. The van der Waals surface area contributed by atoms with Gasteiger partial charge in [-0.3, -0.25) is 4.79 Å². The Kier molecular flexibility index (Phi) is 9.17.